The van der Waals surface area contributed by atoms with Crippen LogP contribution in [-0.2, 0) is 0 Å². The van der Waals surface area contributed by atoms with E-state index in [1.807, 2.05) is 11.3 Å². The summed E-state index contributed by atoms with van der Waals surface area (Å²) in [6, 6.07) is 75.1. The van der Waals surface area contributed by atoms with Crippen LogP contribution in [0.15, 0.2) is 206 Å². The number of benzene rings is 9. The Labute approximate surface area is 323 Å². The summed E-state index contributed by atoms with van der Waals surface area (Å²) in [5.74, 6) is 0. The molecule has 3 heteroatoms. The van der Waals surface area contributed by atoms with Gasteiger partial charge >= 0.3 is 0 Å². The number of rotatable bonds is 6. The van der Waals surface area contributed by atoms with Gasteiger partial charge in [-0.2, -0.15) is 0 Å². The van der Waals surface area contributed by atoms with Crippen LogP contribution in [-0.4, -0.2) is 4.57 Å². The van der Waals surface area contributed by atoms with E-state index in [1.54, 1.807) is 0 Å². The molecule has 0 N–H and O–H groups in total. The van der Waals surface area contributed by atoms with Crippen molar-refractivity contribution in [2.24, 2.45) is 0 Å². The third kappa shape index (κ3) is 5.16. The molecule has 0 fully saturated rings. The van der Waals surface area contributed by atoms with E-state index in [1.165, 1.54) is 80.7 Å². The minimum atomic E-state index is 1.11. The smallest absolute Gasteiger partial charge is 0.0554 e. The summed E-state index contributed by atoms with van der Waals surface area (Å²) >= 11 is 1.86. The van der Waals surface area contributed by atoms with Crippen LogP contribution in [0.4, 0.5) is 17.1 Å². The fourth-order valence-electron chi connectivity index (χ4n) is 8.55. The van der Waals surface area contributed by atoms with Gasteiger partial charge in [-0.1, -0.05) is 140 Å². The molecule has 11 rings (SSSR count). The highest BCUT2D eigenvalue weighted by Gasteiger charge is 2.20. The van der Waals surface area contributed by atoms with Gasteiger partial charge in [0.2, 0.25) is 0 Å². The fraction of sp³-hybridized carbons (Fsp3) is 0. The maximum absolute atomic E-state index is 2.43. The predicted octanol–water partition coefficient (Wildman–Crippen LogP) is 15.1. The van der Waals surface area contributed by atoms with Gasteiger partial charge in [0.25, 0.3) is 0 Å². The average molecular weight is 719 g/mol. The Balaban J connectivity index is 1.08. The number of thiophene rings is 1. The van der Waals surface area contributed by atoms with E-state index in [0.29, 0.717) is 0 Å². The maximum atomic E-state index is 2.43. The van der Waals surface area contributed by atoms with E-state index in [9.17, 15) is 0 Å². The molecule has 0 spiro atoms. The molecule has 0 saturated heterocycles. The third-order valence-electron chi connectivity index (χ3n) is 11.0. The van der Waals surface area contributed by atoms with E-state index in [-0.39, 0.29) is 0 Å². The van der Waals surface area contributed by atoms with Gasteiger partial charge in [0.1, 0.15) is 0 Å². The summed E-state index contributed by atoms with van der Waals surface area (Å²) < 4.78 is 4.97. The quantitative estimate of drug-likeness (QED) is 0.166. The molecular weight excluding hydrogens is 685 g/mol. The summed E-state index contributed by atoms with van der Waals surface area (Å²) in [5, 5.41) is 7.61. The molecule has 258 valence electrons. The first-order valence-corrected chi connectivity index (χ1v) is 19.6. The lowest BCUT2D eigenvalue weighted by molar-refractivity contribution is 1.17. The van der Waals surface area contributed by atoms with Crippen LogP contribution in [0.5, 0.6) is 0 Å². The summed E-state index contributed by atoms with van der Waals surface area (Å²) in [6.07, 6.45) is 0. The molecule has 0 atom stereocenters. The molecule has 0 aliphatic carbocycles. The molecule has 9 aromatic carbocycles. The van der Waals surface area contributed by atoms with E-state index in [2.05, 4.69) is 216 Å². The summed E-state index contributed by atoms with van der Waals surface area (Å²) in [7, 11) is 0. The Morgan fingerprint density at radius 2 is 0.891 bits per heavy atom. The van der Waals surface area contributed by atoms with Gasteiger partial charge in [0.05, 0.1) is 16.7 Å². The van der Waals surface area contributed by atoms with Crippen molar-refractivity contribution in [3.63, 3.8) is 0 Å². The summed E-state index contributed by atoms with van der Waals surface area (Å²) in [5.41, 5.74) is 11.9. The SMILES string of the molecule is c1ccc(-c2cccc3cccc(-c4ccc(N(c5ccc(-n6c7ccccc7c7ccccc76)cc5)c5cccc6sc7ccccc7c56)cc4)c23)cc1. The van der Waals surface area contributed by atoms with Crippen LogP contribution in [0, 0.1) is 0 Å². The van der Waals surface area contributed by atoms with Crippen molar-refractivity contribution in [2.45, 2.75) is 0 Å². The fourth-order valence-corrected chi connectivity index (χ4v) is 9.68. The lowest BCUT2D eigenvalue weighted by Gasteiger charge is -2.27. The molecule has 0 saturated carbocycles. The standard InChI is InChI=1S/C52H34N2S/c1-2-13-35(14-3-1)41-20-10-15-37-16-11-21-42(51(37)41)36-27-29-38(30-28-36)53(48-24-12-26-50-52(48)45-19-6-9-25-49(45)55-50)39-31-33-40(34-32-39)54-46-22-7-4-17-43(46)44-18-5-8-23-47(44)54/h1-34H. The number of hydrogen-bond donors (Lipinski definition) is 0. The van der Waals surface area contributed by atoms with Crippen molar-refractivity contribution in [3.8, 4) is 27.9 Å². The number of nitrogens with zero attached hydrogens (tertiary/aromatic N) is 2. The molecular formula is C52H34N2S. The number of hydrogen-bond acceptors (Lipinski definition) is 2. The zero-order chi connectivity index (χ0) is 36.3. The zero-order valence-electron chi connectivity index (χ0n) is 29.9. The van der Waals surface area contributed by atoms with Crippen LogP contribution < -0.4 is 4.90 Å². The lowest BCUT2D eigenvalue weighted by Crippen LogP contribution is -2.10. The van der Waals surface area contributed by atoms with Crippen molar-refractivity contribution in [1.82, 2.24) is 4.57 Å². The first kappa shape index (κ1) is 31.6. The van der Waals surface area contributed by atoms with Gasteiger partial charge in [0, 0.05) is 48.0 Å². The Bertz CT molecular complexity index is 3130. The van der Waals surface area contributed by atoms with Crippen LogP contribution in [0.3, 0.4) is 0 Å². The van der Waals surface area contributed by atoms with Crippen LogP contribution in [0.1, 0.15) is 0 Å². The summed E-state index contributed by atoms with van der Waals surface area (Å²) in [4.78, 5) is 2.43. The molecule has 55 heavy (non-hydrogen) atoms. The lowest BCUT2D eigenvalue weighted by atomic mass is 9.91. The van der Waals surface area contributed by atoms with Crippen molar-refractivity contribution >= 4 is 81.1 Å². The van der Waals surface area contributed by atoms with Gasteiger partial charge in [-0.15, -0.1) is 11.3 Å². The number of para-hydroxylation sites is 2. The monoisotopic (exact) mass is 718 g/mol. The highest BCUT2D eigenvalue weighted by Crippen LogP contribution is 2.46. The Morgan fingerprint density at radius 3 is 1.56 bits per heavy atom. The molecule has 2 nitrogen and oxygen atoms in total. The van der Waals surface area contributed by atoms with Gasteiger partial charge in [-0.3, -0.25) is 0 Å². The first-order chi connectivity index (χ1) is 27.3. The average Bonchev–Trinajstić information content (AvgIpc) is 3.81. The van der Waals surface area contributed by atoms with Gasteiger partial charge in [-0.05, 0) is 99.8 Å². The second kappa shape index (κ2) is 12.9. The van der Waals surface area contributed by atoms with Gasteiger partial charge in [-0.25, -0.2) is 0 Å². The minimum absolute atomic E-state index is 1.11. The molecule has 2 aromatic heterocycles. The van der Waals surface area contributed by atoms with Crippen molar-refractivity contribution in [3.05, 3.63) is 206 Å². The van der Waals surface area contributed by atoms with Crippen LogP contribution in [0.2, 0.25) is 0 Å². The maximum Gasteiger partial charge on any atom is 0.0554 e. The highest BCUT2D eigenvalue weighted by molar-refractivity contribution is 7.26. The topological polar surface area (TPSA) is 8.17 Å². The summed E-state index contributed by atoms with van der Waals surface area (Å²) in [6.45, 7) is 0. The van der Waals surface area contributed by atoms with Gasteiger partial charge < -0.3 is 9.47 Å². The van der Waals surface area contributed by atoms with Crippen LogP contribution in [0.25, 0.3) is 80.7 Å². The molecule has 0 bridgehead atoms. The van der Waals surface area contributed by atoms with E-state index >= 15 is 0 Å². The van der Waals surface area contributed by atoms with E-state index in [4.69, 9.17) is 0 Å². The van der Waals surface area contributed by atoms with Crippen molar-refractivity contribution < 1.29 is 0 Å². The minimum Gasteiger partial charge on any atom is -0.310 e. The number of fused-ring (bicyclic) bond motifs is 7. The molecule has 11 aromatic rings. The molecule has 0 radical (unpaired) electrons. The normalized spacial score (nSPS) is 11.6. The third-order valence-corrected chi connectivity index (χ3v) is 12.1. The van der Waals surface area contributed by atoms with Crippen LogP contribution >= 0.6 is 11.3 Å². The second-order valence-corrected chi connectivity index (χ2v) is 15.2. The molecule has 0 aliphatic heterocycles. The number of anilines is 3. The Morgan fingerprint density at radius 1 is 0.364 bits per heavy atom. The van der Waals surface area contributed by atoms with E-state index in [0.717, 1.165) is 17.1 Å². The van der Waals surface area contributed by atoms with Crippen molar-refractivity contribution in [1.29, 1.82) is 0 Å². The molecule has 0 amide bonds. The second-order valence-electron chi connectivity index (χ2n) is 14.1. The van der Waals surface area contributed by atoms with E-state index < -0.39 is 0 Å². The molecule has 2 heterocycles. The zero-order valence-corrected chi connectivity index (χ0v) is 30.7. The Kier molecular flexibility index (Phi) is 7.39. The molecule has 0 aliphatic rings. The molecule has 0 unspecified atom stereocenters. The first-order valence-electron chi connectivity index (χ1n) is 18.8. The predicted molar refractivity (Wildman–Crippen MR) is 237 cm³/mol. The Hall–Kier alpha value is -6.94. The van der Waals surface area contributed by atoms with Gasteiger partial charge in [0.15, 0.2) is 0 Å². The highest BCUT2D eigenvalue weighted by atomic mass is 32.1. The van der Waals surface area contributed by atoms with Crippen molar-refractivity contribution in [2.75, 3.05) is 4.90 Å². The largest absolute Gasteiger partial charge is 0.310 e. The number of aromatic nitrogens is 1.